The van der Waals surface area contributed by atoms with Crippen molar-refractivity contribution in [2.45, 2.75) is 33.7 Å². The Morgan fingerprint density at radius 3 is 2.85 bits per heavy atom. The lowest BCUT2D eigenvalue weighted by molar-refractivity contribution is 0.126. The summed E-state index contributed by atoms with van der Waals surface area (Å²) in [6.45, 7) is 9.52. The first-order valence-electron chi connectivity index (χ1n) is 6.74. The summed E-state index contributed by atoms with van der Waals surface area (Å²) in [6, 6.07) is 0.166. The van der Waals surface area contributed by atoms with Crippen LogP contribution in [-0.2, 0) is 4.74 Å². The fraction of sp³-hybridized carbons (Fsp3) is 0.615. The summed E-state index contributed by atoms with van der Waals surface area (Å²) >= 11 is 6.15. The lowest BCUT2D eigenvalue weighted by Crippen LogP contribution is -2.32. The highest BCUT2D eigenvalue weighted by molar-refractivity contribution is 6.30. The van der Waals surface area contributed by atoms with Crippen LogP contribution in [0.2, 0.25) is 5.15 Å². The summed E-state index contributed by atoms with van der Waals surface area (Å²) in [5.41, 5.74) is 0.854. The zero-order valence-corrected chi connectivity index (χ0v) is 13.0. The third-order valence-corrected chi connectivity index (χ3v) is 3.60. The molecule has 110 valence electrons. The first kappa shape index (κ1) is 15.0. The van der Waals surface area contributed by atoms with E-state index < -0.39 is 0 Å². The first-order chi connectivity index (χ1) is 9.54. The van der Waals surface area contributed by atoms with Gasteiger partial charge in [-0.05, 0) is 19.8 Å². The second-order valence-corrected chi connectivity index (χ2v) is 5.36. The smallest absolute Gasteiger partial charge is 0.255 e. The number of hydrogen-bond donors (Lipinski definition) is 1. The lowest BCUT2D eigenvalue weighted by Gasteiger charge is -2.24. The van der Waals surface area contributed by atoms with Crippen molar-refractivity contribution >= 4 is 23.2 Å². The topological polar surface area (TPSA) is 64.3 Å². The Hall–Kier alpha value is -1.40. The van der Waals surface area contributed by atoms with Gasteiger partial charge < -0.3 is 10.1 Å². The van der Waals surface area contributed by atoms with Crippen LogP contribution in [0.25, 0.3) is 5.78 Å². The molecule has 0 aromatic carbocycles. The Bertz CT molecular complexity index is 583. The molecule has 0 radical (unpaired) electrons. The minimum Gasteiger partial charge on any atom is -0.380 e. The average Bonchev–Trinajstić information content (AvgIpc) is 2.85. The van der Waals surface area contributed by atoms with Gasteiger partial charge in [-0.1, -0.05) is 25.4 Å². The molecule has 0 saturated heterocycles. The molecule has 2 aromatic heterocycles. The number of halogens is 1. The van der Waals surface area contributed by atoms with Crippen molar-refractivity contribution in [3.05, 3.63) is 17.0 Å². The highest BCUT2D eigenvalue weighted by atomic mass is 35.5. The molecule has 0 fully saturated rings. The van der Waals surface area contributed by atoms with E-state index in [1.165, 1.54) is 6.33 Å². The van der Waals surface area contributed by atoms with Gasteiger partial charge >= 0.3 is 0 Å². The molecule has 2 aromatic rings. The monoisotopic (exact) mass is 297 g/mol. The van der Waals surface area contributed by atoms with Gasteiger partial charge in [0.05, 0.1) is 12.6 Å². The Kier molecular flexibility index (Phi) is 4.77. The molecule has 0 spiro atoms. The molecule has 0 saturated carbocycles. The SMILES string of the molecule is CCOCC(Nc1c(C)c(Cl)nc2ncnn12)C(C)C. The highest BCUT2D eigenvalue weighted by Gasteiger charge is 2.18. The van der Waals surface area contributed by atoms with Crippen LogP contribution in [0.5, 0.6) is 0 Å². The lowest BCUT2D eigenvalue weighted by atomic mass is 10.1. The fourth-order valence-electron chi connectivity index (χ4n) is 1.89. The van der Waals surface area contributed by atoms with Crippen LogP contribution in [0.1, 0.15) is 26.3 Å². The first-order valence-corrected chi connectivity index (χ1v) is 7.12. The largest absolute Gasteiger partial charge is 0.380 e. The van der Waals surface area contributed by atoms with Crippen LogP contribution in [0.15, 0.2) is 6.33 Å². The third-order valence-electron chi connectivity index (χ3n) is 3.23. The molecule has 6 nitrogen and oxygen atoms in total. The number of nitrogens with zero attached hydrogens (tertiary/aromatic N) is 4. The molecular weight excluding hydrogens is 278 g/mol. The molecule has 0 aliphatic rings. The summed E-state index contributed by atoms with van der Waals surface area (Å²) in [5.74, 6) is 1.71. The molecule has 1 unspecified atom stereocenters. The maximum absolute atomic E-state index is 6.15. The van der Waals surface area contributed by atoms with E-state index in [2.05, 4.69) is 34.2 Å². The van der Waals surface area contributed by atoms with Gasteiger partial charge in [0.1, 0.15) is 17.3 Å². The van der Waals surface area contributed by atoms with Gasteiger partial charge in [0.2, 0.25) is 0 Å². The van der Waals surface area contributed by atoms with Gasteiger partial charge in [0.25, 0.3) is 5.78 Å². The summed E-state index contributed by atoms with van der Waals surface area (Å²) in [7, 11) is 0. The zero-order chi connectivity index (χ0) is 14.7. The minimum absolute atomic E-state index is 0.166. The summed E-state index contributed by atoms with van der Waals surface area (Å²) in [4.78, 5) is 8.27. The maximum Gasteiger partial charge on any atom is 0.255 e. The van der Waals surface area contributed by atoms with Gasteiger partial charge in [-0.15, -0.1) is 0 Å². The molecule has 7 heteroatoms. The van der Waals surface area contributed by atoms with Gasteiger partial charge in [-0.2, -0.15) is 19.6 Å². The maximum atomic E-state index is 6.15. The zero-order valence-electron chi connectivity index (χ0n) is 12.2. The second kappa shape index (κ2) is 6.37. The number of aromatic nitrogens is 4. The molecule has 0 bridgehead atoms. The molecule has 0 aliphatic heterocycles. The van der Waals surface area contributed by atoms with Gasteiger partial charge in [-0.25, -0.2) is 0 Å². The van der Waals surface area contributed by atoms with Crippen LogP contribution in [0, 0.1) is 12.8 Å². The van der Waals surface area contributed by atoms with Crippen molar-refractivity contribution in [3.8, 4) is 0 Å². The van der Waals surface area contributed by atoms with E-state index in [9.17, 15) is 0 Å². The molecular formula is C13H20ClN5O. The minimum atomic E-state index is 0.166. The van der Waals surface area contributed by atoms with Crippen molar-refractivity contribution in [3.63, 3.8) is 0 Å². The molecule has 0 aliphatic carbocycles. The van der Waals surface area contributed by atoms with Crippen LogP contribution < -0.4 is 5.32 Å². The standard InChI is InChI=1S/C13H20ClN5O/c1-5-20-6-10(8(2)3)17-12-9(4)11(14)18-13-15-7-16-19(12)13/h7-8,10,17H,5-6H2,1-4H3. The molecule has 1 atom stereocenters. The van der Waals surface area contributed by atoms with Crippen molar-refractivity contribution < 1.29 is 4.74 Å². The van der Waals surface area contributed by atoms with Crippen molar-refractivity contribution in [2.75, 3.05) is 18.5 Å². The predicted octanol–water partition coefficient (Wildman–Crippen LogP) is 2.56. The Labute approximate surface area is 123 Å². The van der Waals surface area contributed by atoms with Gasteiger partial charge in [-0.3, -0.25) is 0 Å². The summed E-state index contributed by atoms with van der Waals surface area (Å²) < 4.78 is 7.21. The molecule has 1 N–H and O–H groups in total. The average molecular weight is 298 g/mol. The predicted molar refractivity (Wildman–Crippen MR) is 79.3 cm³/mol. The van der Waals surface area contributed by atoms with E-state index in [4.69, 9.17) is 16.3 Å². The summed E-state index contributed by atoms with van der Waals surface area (Å²) in [6.07, 6.45) is 1.47. The van der Waals surface area contributed by atoms with E-state index >= 15 is 0 Å². The van der Waals surface area contributed by atoms with E-state index in [1.807, 2.05) is 13.8 Å². The number of nitrogens with one attached hydrogen (secondary N) is 1. The number of fused-ring (bicyclic) bond motifs is 1. The highest BCUT2D eigenvalue weighted by Crippen LogP contribution is 2.23. The van der Waals surface area contributed by atoms with Crippen LogP contribution >= 0.6 is 11.6 Å². The number of rotatable bonds is 6. The van der Waals surface area contributed by atoms with Crippen LogP contribution in [0.3, 0.4) is 0 Å². The third kappa shape index (κ3) is 3.02. The van der Waals surface area contributed by atoms with Crippen molar-refractivity contribution in [1.29, 1.82) is 0 Å². The molecule has 2 rings (SSSR count). The van der Waals surface area contributed by atoms with E-state index in [1.54, 1.807) is 4.52 Å². The van der Waals surface area contributed by atoms with Crippen LogP contribution in [0.4, 0.5) is 5.82 Å². The number of anilines is 1. The number of ether oxygens (including phenoxy) is 1. The van der Waals surface area contributed by atoms with Gasteiger partial charge in [0, 0.05) is 12.2 Å². The molecule has 2 heterocycles. The van der Waals surface area contributed by atoms with Crippen LogP contribution in [-0.4, -0.2) is 38.8 Å². The second-order valence-electron chi connectivity index (χ2n) is 5.00. The van der Waals surface area contributed by atoms with Crippen molar-refractivity contribution in [2.24, 2.45) is 5.92 Å². The quantitative estimate of drug-likeness (QED) is 0.830. The molecule has 20 heavy (non-hydrogen) atoms. The van der Waals surface area contributed by atoms with Gasteiger partial charge in [0.15, 0.2) is 0 Å². The fourth-order valence-corrected chi connectivity index (χ4v) is 2.05. The van der Waals surface area contributed by atoms with E-state index in [0.29, 0.717) is 30.1 Å². The van der Waals surface area contributed by atoms with E-state index in [0.717, 1.165) is 11.4 Å². The van der Waals surface area contributed by atoms with Crippen molar-refractivity contribution in [1.82, 2.24) is 19.6 Å². The Morgan fingerprint density at radius 2 is 2.20 bits per heavy atom. The normalized spacial score (nSPS) is 13.1. The number of hydrogen-bond acceptors (Lipinski definition) is 5. The Balaban J connectivity index is 2.35. The Morgan fingerprint density at radius 1 is 1.45 bits per heavy atom. The van der Waals surface area contributed by atoms with E-state index in [-0.39, 0.29) is 6.04 Å². The summed E-state index contributed by atoms with van der Waals surface area (Å²) in [5, 5.41) is 8.09. The molecule has 0 amide bonds.